The number of nitrogens with one attached hydrogen (secondary N) is 1. The van der Waals surface area contributed by atoms with Crippen LogP contribution in [0.2, 0.25) is 0 Å². The van der Waals surface area contributed by atoms with Crippen LogP contribution in [-0.2, 0) is 6.42 Å². The van der Waals surface area contributed by atoms with E-state index in [4.69, 9.17) is 0 Å². The van der Waals surface area contributed by atoms with Crippen molar-refractivity contribution >= 4 is 22.6 Å². The Morgan fingerprint density at radius 3 is 2.68 bits per heavy atom. The molecule has 5 heteroatoms. The number of piperazine rings is 1. The summed E-state index contributed by atoms with van der Waals surface area (Å²) in [4.78, 5) is 21.3. The van der Waals surface area contributed by atoms with Crippen molar-refractivity contribution in [3.63, 3.8) is 0 Å². The zero-order valence-electron chi connectivity index (χ0n) is 16.3. The minimum absolute atomic E-state index is 0.0102. The van der Waals surface area contributed by atoms with Gasteiger partial charge >= 0.3 is 6.03 Å². The number of para-hydroxylation sites is 1. The van der Waals surface area contributed by atoms with Crippen LogP contribution in [-0.4, -0.2) is 53.5 Å². The van der Waals surface area contributed by atoms with Gasteiger partial charge in [-0.25, -0.2) is 4.79 Å². The van der Waals surface area contributed by atoms with Crippen molar-refractivity contribution < 1.29 is 4.79 Å². The molecule has 0 aliphatic carbocycles. The number of amides is 2. The molecule has 2 heterocycles. The van der Waals surface area contributed by atoms with E-state index in [1.54, 1.807) is 0 Å². The van der Waals surface area contributed by atoms with Gasteiger partial charge in [0.15, 0.2) is 0 Å². The lowest BCUT2D eigenvalue weighted by Gasteiger charge is -2.34. The van der Waals surface area contributed by atoms with E-state index < -0.39 is 0 Å². The first kappa shape index (κ1) is 18.4. The largest absolute Gasteiger partial charge is 0.322 e. The second-order valence-electron chi connectivity index (χ2n) is 7.41. The molecule has 0 spiro atoms. The Morgan fingerprint density at radius 1 is 1.04 bits per heavy atom. The average Bonchev–Trinajstić information content (AvgIpc) is 2.72. The zero-order chi connectivity index (χ0) is 19.3. The molecule has 1 fully saturated rings. The van der Waals surface area contributed by atoms with Crippen LogP contribution in [0.15, 0.2) is 60.8 Å². The SMILES string of the molecule is Cc1cccc(NC(=O)N2CCN(CCc3cnc4ccccc4c3)CC2)c1. The molecule has 4 rings (SSSR count). The molecule has 0 radical (unpaired) electrons. The normalized spacial score (nSPS) is 15.0. The number of urea groups is 1. The number of anilines is 1. The van der Waals surface area contributed by atoms with Crippen molar-refractivity contribution in [2.45, 2.75) is 13.3 Å². The number of fused-ring (bicyclic) bond motifs is 1. The van der Waals surface area contributed by atoms with Crippen LogP contribution in [0.3, 0.4) is 0 Å². The number of carbonyl (C=O) groups is 1. The highest BCUT2D eigenvalue weighted by Gasteiger charge is 2.21. The molecule has 1 saturated heterocycles. The number of carbonyl (C=O) groups excluding carboxylic acids is 1. The molecule has 3 aromatic rings. The third-order valence-electron chi connectivity index (χ3n) is 5.29. The summed E-state index contributed by atoms with van der Waals surface area (Å²) in [7, 11) is 0. The van der Waals surface area contributed by atoms with Gasteiger partial charge in [-0.2, -0.15) is 0 Å². The topological polar surface area (TPSA) is 48.5 Å². The number of aromatic nitrogens is 1. The summed E-state index contributed by atoms with van der Waals surface area (Å²) < 4.78 is 0. The number of hydrogen-bond donors (Lipinski definition) is 1. The molecule has 0 saturated carbocycles. The third-order valence-corrected chi connectivity index (χ3v) is 5.29. The first-order valence-corrected chi connectivity index (χ1v) is 9.86. The first-order valence-electron chi connectivity index (χ1n) is 9.86. The molecular weight excluding hydrogens is 348 g/mol. The number of nitrogens with zero attached hydrogens (tertiary/aromatic N) is 3. The van der Waals surface area contributed by atoms with Gasteiger partial charge in [0.1, 0.15) is 0 Å². The third kappa shape index (κ3) is 4.49. The molecule has 0 atom stereocenters. The minimum Gasteiger partial charge on any atom is -0.322 e. The van der Waals surface area contributed by atoms with E-state index in [-0.39, 0.29) is 6.03 Å². The Hall–Kier alpha value is -2.92. The van der Waals surface area contributed by atoms with Gasteiger partial charge in [-0.15, -0.1) is 0 Å². The second-order valence-corrected chi connectivity index (χ2v) is 7.41. The lowest BCUT2D eigenvalue weighted by molar-refractivity contribution is 0.148. The van der Waals surface area contributed by atoms with E-state index in [0.717, 1.165) is 55.9 Å². The molecular formula is C23H26N4O. The summed E-state index contributed by atoms with van der Waals surface area (Å²) in [6.45, 7) is 6.35. The van der Waals surface area contributed by atoms with Crippen molar-refractivity contribution in [1.29, 1.82) is 0 Å². The fourth-order valence-corrected chi connectivity index (χ4v) is 3.64. The van der Waals surface area contributed by atoms with Crippen molar-refractivity contribution in [2.24, 2.45) is 0 Å². The highest BCUT2D eigenvalue weighted by Crippen LogP contribution is 2.14. The summed E-state index contributed by atoms with van der Waals surface area (Å²) in [5.74, 6) is 0. The van der Waals surface area contributed by atoms with Gasteiger partial charge in [-0.1, -0.05) is 30.3 Å². The van der Waals surface area contributed by atoms with Crippen LogP contribution in [0, 0.1) is 6.92 Å². The maximum atomic E-state index is 12.5. The number of pyridine rings is 1. The van der Waals surface area contributed by atoms with Crippen molar-refractivity contribution in [3.05, 3.63) is 71.9 Å². The smallest absolute Gasteiger partial charge is 0.321 e. The molecule has 1 aliphatic heterocycles. The molecule has 28 heavy (non-hydrogen) atoms. The van der Waals surface area contributed by atoms with Gasteiger partial charge in [0.05, 0.1) is 5.52 Å². The lowest BCUT2D eigenvalue weighted by Crippen LogP contribution is -2.50. The Kier molecular flexibility index (Phi) is 5.53. The van der Waals surface area contributed by atoms with E-state index >= 15 is 0 Å². The quantitative estimate of drug-likeness (QED) is 0.753. The highest BCUT2D eigenvalue weighted by atomic mass is 16.2. The molecule has 1 N–H and O–H groups in total. The average molecular weight is 374 g/mol. The molecule has 2 aromatic carbocycles. The zero-order valence-corrected chi connectivity index (χ0v) is 16.3. The van der Waals surface area contributed by atoms with E-state index in [9.17, 15) is 4.79 Å². The summed E-state index contributed by atoms with van der Waals surface area (Å²) in [5.41, 5.74) is 4.31. The second kappa shape index (κ2) is 8.40. The van der Waals surface area contributed by atoms with Gasteiger partial charge < -0.3 is 10.2 Å². The maximum absolute atomic E-state index is 12.5. The van der Waals surface area contributed by atoms with Gasteiger partial charge in [-0.3, -0.25) is 9.88 Å². The molecule has 1 aromatic heterocycles. The Morgan fingerprint density at radius 2 is 1.86 bits per heavy atom. The number of rotatable bonds is 4. The van der Waals surface area contributed by atoms with Gasteiger partial charge in [0, 0.05) is 50.0 Å². The molecule has 2 amide bonds. The van der Waals surface area contributed by atoms with Gasteiger partial charge in [0.25, 0.3) is 0 Å². The molecule has 144 valence electrons. The van der Waals surface area contributed by atoms with Crippen molar-refractivity contribution in [2.75, 3.05) is 38.0 Å². The number of benzene rings is 2. The predicted molar refractivity (Wildman–Crippen MR) is 114 cm³/mol. The Labute approximate surface area is 166 Å². The van der Waals surface area contributed by atoms with Gasteiger partial charge in [0.2, 0.25) is 0 Å². The monoisotopic (exact) mass is 374 g/mol. The standard InChI is InChI=1S/C23H26N4O/c1-18-5-4-7-21(15-18)25-23(28)27-13-11-26(12-14-27)10-9-19-16-20-6-2-3-8-22(20)24-17-19/h2-8,15-17H,9-14H2,1H3,(H,25,28). The summed E-state index contributed by atoms with van der Waals surface area (Å²) in [6, 6.07) is 18.3. The number of aryl methyl sites for hydroxylation is 1. The fourth-order valence-electron chi connectivity index (χ4n) is 3.64. The van der Waals surface area contributed by atoms with Crippen LogP contribution in [0.1, 0.15) is 11.1 Å². The van der Waals surface area contributed by atoms with Crippen LogP contribution < -0.4 is 5.32 Å². The molecule has 0 unspecified atom stereocenters. The van der Waals surface area contributed by atoms with Crippen LogP contribution in [0.4, 0.5) is 10.5 Å². The summed E-state index contributed by atoms with van der Waals surface area (Å²) in [5, 5.41) is 4.19. The van der Waals surface area contributed by atoms with E-state index in [1.807, 2.05) is 54.4 Å². The highest BCUT2D eigenvalue weighted by molar-refractivity contribution is 5.89. The Bertz CT molecular complexity index is 963. The number of hydrogen-bond acceptors (Lipinski definition) is 3. The Balaban J connectivity index is 1.26. The van der Waals surface area contributed by atoms with E-state index in [1.165, 1.54) is 10.9 Å². The predicted octanol–water partition coefficient (Wildman–Crippen LogP) is 3.94. The van der Waals surface area contributed by atoms with Crippen molar-refractivity contribution in [3.8, 4) is 0 Å². The van der Waals surface area contributed by atoms with Crippen LogP contribution in [0.25, 0.3) is 10.9 Å². The molecule has 0 bridgehead atoms. The van der Waals surface area contributed by atoms with Crippen LogP contribution >= 0.6 is 0 Å². The van der Waals surface area contributed by atoms with E-state index in [0.29, 0.717) is 0 Å². The maximum Gasteiger partial charge on any atom is 0.321 e. The van der Waals surface area contributed by atoms with Crippen LogP contribution in [0.5, 0.6) is 0 Å². The minimum atomic E-state index is -0.0102. The van der Waals surface area contributed by atoms with Crippen molar-refractivity contribution in [1.82, 2.24) is 14.8 Å². The van der Waals surface area contributed by atoms with E-state index in [2.05, 4.69) is 33.4 Å². The lowest BCUT2D eigenvalue weighted by atomic mass is 10.1. The van der Waals surface area contributed by atoms with Gasteiger partial charge in [-0.05, 0) is 48.7 Å². The molecule has 5 nitrogen and oxygen atoms in total. The fraction of sp³-hybridized carbons (Fsp3) is 0.304. The summed E-state index contributed by atoms with van der Waals surface area (Å²) in [6.07, 6.45) is 2.96. The summed E-state index contributed by atoms with van der Waals surface area (Å²) >= 11 is 0. The first-order chi connectivity index (χ1) is 13.7. The molecule has 1 aliphatic rings.